The Labute approximate surface area is 103 Å². The SMILES string of the molecule is NCCc1ccc(S(=O)(=O)Nc2ncc[nH]2)s1. The van der Waals surface area contributed by atoms with E-state index in [-0.39, 0.29) is 10.2 Å². The van der Waals surface area contributed by atoms with Gasteiger partial charge < -0.3 is 10.7 Å². The number of aromatic nitrogens is 2. The summed E-state index contributed by atoms with van der Waals surface area (Å²) >= 11 is 1.21. The molecule has 0 saturated carbocycles. The summed E-state index contributed by atoms with van der Waals surface area (Å²) in [6.07, 6.45) is 3.71. The highest BCUT2D eigenvalue weighted by Gasteiger charge is 2.17. The van der Waals surface area contributed by atoms with Gasteiger partial charge in [-0.25, -0.2) is 18.1 Å². The van der Waals surface area contributed by atoms with Gasteiger partial charge in [-0.05, 0) is 25.1 Å². The number of nitrogens with two attached hydrogens (primary N) is 1. The number of anilines is 1. The summed E-state index contributed by atoms with van der Waals surface area (Å²) in [6.45, 7) is 0.506. The van der Waals surface area contributed by atoms with Crippen LogP contribution in [0.5, 0.6) is 0 Å². The highest BCUT2D eigenvalue weighted by molar-refractivity contribution is 7.94. The Morgan fingerprint density at radius 2 is 2.29 bits per heavy atom. The molecular formula is C9H12N4O2S2. The van der Waals surface area contributed by atoms with Gasteiger partial charge in [-0.3, -0.25) is 0 Å². The number of thiophene rings is 1. The summed E-state index contributed by atoms with van der Waals surface area (Å²) in [5.74, 6) is 0.207. The van der Waals surface area contributed by atoms with Crippen LogP contribution in [0.1, 0.15) is 4.88 Å². The van der Waals surface area contributed by atoms with E-state index in [1.807, 2.05) is 0 Å². The van der Waals surface area contributed by atoms with E-state index in [2.05, 4.69) is 14.7 Å². The number of aromatic amines is 1. The minimum Gasteiger partial charge on any atom is -0.330 e. The van der Waals surface area contributed by atoms with Crippen LogP contribution in [0.2, 0.25) is 0 Å². The number of sulfonamides is 1. The van der Waals surface area contributed by atoms with E-state index in [9.17, 15) is 8.42 Å². The Morgan fingerprint density at radius 3 is 2.94 bits per heavy atom. The lowest BCUT2D eigenvalue weighted by atomic mass is 10.3. The van der Waals surface area contributed by atoms with Gasteiger partial charge in [-0.2, -0.15) is 0 Å². The van der Waals surface area contributed by atoms with Gasteiger partial charge in [-0.15, -0.1) is 11.3 Å². The van der Waals surface area contributed by atoms with Gasteiger partial charge in [0.1, 0.15) is 4.21 Å². The van der Waals surface area contributed by atoms with Crippen LogP contribution in [0.3, 0.4) is 0 Å². The number of rotatable bonds is 5. The van der Waals surface area contributed by atoms with E-state index in [1.165, 1.54) is 17.5 Å². The number of nitrogens with one attached hydrogen (secondary N) is 2. The number of hydrogen-bond donors (Lipinski definition) is 3. The van der Waals surface area contributed by atoms with Crippen molar-refractivity contribution in [3.05, 3.63) is 29.4 Å². The number of H-pyrrole nitrogens is 1. The predicted octanol–water partition coefficient (Wildman–Crippen LogP) is 0.773. The molecule has 0 bridgehead atoms. The summed E-state index contributed by atoms with van der Waals surface area (Å²) in [5, 5.41) is 0. The molecule has 0 aromatic carbocycles. The van der Waals surface area contributed by atoms with Crippen LogP contribution >= 0.6 is 11.3 Å². The Hall–Kier alpha value is -1.38. The lowest BCUT2D eigenvalue weighted by Gasteiger charge is -2.01. The topological polar surface area (TPSA) is 101 Å². The van der Waals surface area contributed by atoms with Crippen LogP contribution in [0, 0.1) is 0 Å². The van der Waals surface area contributed by atoms with Crippen molar-refractivity contribution in [2.45, 2.75) is 10.6 Å². The molecule has 4 N–H and O–H groups in total. The zero-order chi connectivity index (χ0) is 12.3. The van der Waals surface area contributed by atoms with Gasteiger partial charge >= 0.3 is 0 Å². The van der Waals surface area contributed by atoms with Crippen molar-refractivity contribution in [3.63, 3.8) is 0 Å². The number of hydrogen-bond acceptors (Lipinski definition) is 5. The smallest absolute Gasteiger partial charge is 0.273 e. The molecular weight excluding hydrogens is 260 g/mol. The summed E-state index contributed by atoms with van der Waals surface area (Å²) in [4.78, 5) is 7.44. The summed E-state index contributed by atoms with van der Waals surface area (Å²) in [7, 11) is -3.55. The Bertz CT molecular complexity index is 574. The first kappa shape index (κ1) is 12.1. The monoisotopic (exact) mass is 272 g/mol. The third kappa shape index (κ3) is 2.84. The molecule has 0 unspecified atom stereocenters. The van der Waals surface area contributed by atoms with Crippen molar-refractivity contribution in [1.29, 1.82) is 0 Å². The minimum absolute atomic E-state index is 0.207. The standard InChI is InChI=1S/C9H12N4O2S2/c10-4-3-7-1-2-8(16-7)17(14,15)13-9-11-5-6-12-9/h1-2,5-6H,3-4,10H2,(H2,11,12,13). The summed E-state index contributed by atoms with van der Waals surface area (Å²) in [6, 6.07) is 3.34. The molecule has 2 rings (SSSR count). The third-order valence-corrected chi connectivity index (χ3v) is 5.00. The molecule has 0 aliphatic heterocycles. The maximum absolute atomic E-state index is 11.9. The van der Waals surface area contributed by atoms with E-state index >= 15 is 0 Å². The van der Waals surface area contributed by atoms with Crippen LogP contribution in [-0.2, 0) is 16.4 Å². The van der Waals surface area contributed by atoms with Gasteiger partial charge in [0.25, 0.3) is 10.0 Å². The Balaban J connectivity index is 2.19. The maximum Gasteiger partial charge on any atom is 0.273 e. The zero-order valence-corrected chi connectivity index (χ0v) is 10.5. The van der Waals surface area contributed by atoms with Crippen LogP contribution in [-0.4, -0.2) is 24.9 Å². The Morgan fingerprint density at radius 1 is 1.47 bits per heavy atom. The lowest BCUT2D eigenvalue weighted by molar-refractivity contribution is 0.603. The fourth-order valence-electron chi connectivity index (χ4n) is 1.28. The van der Waals surface area contributed by atoms with E-state index in [0.29, 0.717) is 13.0 Å². The van der Waals surface area contributed by atoms with Gasteiger partial charge in [-0.1, -0.05) is 0 Å². The van der Waals surface area contributed by atoms with Crippen LogP contribution in [0.4, 0.5) is 5.95 Å². The highest BCUT2D eigenvalue weighted by Crippen LogP contribution is 2.23. The van der Waals surface area contributed by atoms with Crippen LogP contribution < -0.4 is 10.5 Å². The molecule has 2 aromatic rings. The fraction of sp³-hybridized carbons (Fsp3) is 0.222. The zero-order valence-electron chi connectivity index (χ0n) is 8.88. The van der Waals surface area contributed by atoms with Crippen molar-refractivity contribution in [2.24, 2.45) is 5.73 Å². The van der Waals surface area contributed by atoms with E-state index in [1.54, 1.807) is 18.3 Å². The van der Waals surface area contributed by atoms with Crippen molar-refractivity contribution in [3.8, 4) is 0 Å². The molecule has 0 radical (unpaired) electrons. The third-order valence-electron chi connectivity index (χ3n) is 2.02. The van der Waals surface area contributed by atoms with Crippen LogP contribution in [0.15, 0.2) is 28.7 Å². The normalized spacial score (nSPS) is 11.6. The maximum atomic E-state index is 11.9. The molecule has 17 heavy (non-hydrogen) atoms. The van der Waals surface area contributed by atoms with E-state index in [4.69, 9.17) is 5.73 Å². The van der Waals surface area contributed by atoms with Gasteiger partial charge in [0, 0.05) is 17.3 Å². The summed E-state index contributed by atoms with van der Waals surface area (Å²) < 4.78 is 26.5. The van der Waals surface area contributed by atoms with Crippen molar-refractivity contribution >= 4 is 27.3 Å². The van der Waals surface area contributed by atoms with E-state index < -0.39 is 10.0 Å². The second-order valence-electron chi connectivity index (χ2n) is 3.30. The fourth-order valence-corrected chi connectivity index (χ4v) is 3.63. The van der Waals surface area contributed by atoms with Gasteiger partial charge in [0.05, 0.1) is 0 Å². The molecule has 0 amide bonds. The number of imidazole rings is 1. The number of nitrogens with zero attached hydrogens (tertiary/aromatic N) is 1. The summed E-state index contributed by atoms with van der Waals surface area (Å²) in [5.41, 5.74) is 5.42. The van der Waals surface area contributed by atoms with Gasteiger partial charge in [0.15, 0.2) is 0 Å². The first-order chi connectivity index (χ1) is 8.12. The second-order valence-corrected chi connectivity index (χ2v) is 6.38. The average Bonchev–Trinajstić information content (AvgIpc) is 2.88. The molecule has 6 nitrogen and oxygen atoms in total. The molecule has 2 heterocycles. The van der Waals surface area contributed by atoms with Crippen molar-refractivity contribution in [2.75, 3.05) is 11.3 Å². The first-order valence-electron chi connectivity index (χ1n) is 4.93. The molecule has 0 aliphatic rings. The Kier molecular flexibility index (Phi) is 3.46. The molecule has 0 spiro atoms. The predicted molar refractivity (Wildman–Crippen MR) is 66.5 cm³/mol. The lowest BCUT2D eigenvalue weighted by Crippen LogP contribution is -2.12. The first-order valence-corrected chi connectivity index (χ1v) is 7.23. The molecule has 0 aliphatic carbocycles. The molecule has 0 saturated heterocycles. The molecule has 0 atom stereocenters. The molecule has 92 valence electrons. The van der Waals surface area contributed by atoms with Crippen molar-refractivity contribution in [1.82, 2.24) is 9.97 Å². The average molecular weight is 272 g/mol. The quantitative estimate of drug-likeness (QED) is 0.748. The molecule has 0 fully saturated rings. The van der Waals surface area contributed by atoms with E-state index in [0.717, 1.165) is 4.88 Å². The van der Waals surface area contributed by atoms with Crippen molar-refractivity contribution < 1.29 is 8.42 Å². The largest absolute Gasteiger partial charge is 0.330 e. The molecule has 8 heteroatoms. The minimum atomic E-state index is -3.55. The second kappa shape index (κ2) is 4.86. The molecule has 2 aromatic heterocycles. The van der Waals surface area contributed by atoms with Crippen LogP contribution in [0.25, 0.3) is 0 Å². The highest BCUT2D eigenvalue weighted by atomic mass is 32.2. The van der Waals surface area contributed by atoms with Gasteiger partial charge in [0.2, 0.25) is 5.95 Å².